The van der Waals surface area contributed by atoms with Crippen LogP contribution in [0.1, 0.15) is 18.5 Å². The maximum atomic E-state index is 11.6. The van der Waals surface area contributed by atoms with Crippen LogP contribution in [0.4, 0.5) is 10.7 Å². The van der Waals surface area contributed by atoms with Gasteiger partial charge < -0.3 is 19.3 Å². The Bertz CT molecular complexity index is 473. The van der Waals surface area contributed by atoms with Crippen LogP contribution in [0.15, 0.2) is 6.07 Å². The van der Waals surface area contributed by atoms with Gasteiger partial charge in [-0.1, -0.05) is 0 Å². The van der Waals surface area contributed by atoms with E-state index in [-0.39, 0.29) is 5.88 Å². The molecule has 0 bridgehead atoms. The van der Waals surface area contributed by atoms with Gasteiger partial charge in [0.1, 0.15) is 0 Å². The number of hydrogen-bond acceptors (Lipinski definition) is 6. The molecule has 0 unspecified atom stereocenters. The molecule has 110 valence electrons. The van der Waals surface area contributed by atoms with Gasteiger partial charge in [-0.3, -0.25) is 0 Å². The fourth-order valence-corrected chi connectivity index (χ4v) is 1.97. The highest BCUT2D eigenvalue weighted by molar-refractivity contribution is 5.69. The average Bonchev–Trinajstić information content (AvgIpc) is 2.92. The lowest BCUT2D eigenvalue weighted by Crippen LogP contribution is -2.26. The molecule has 1 aliphatic heterocycles. The summed E-state index contributed by atoms with van der Waals surface area (Å²) in [6.45, 7) is 2.21. The highest BCUT2D eigenvalue weighted by Gasteiger charge is 2.18. The number of carbonyl (C=O) groups excluding carboxylic acids is 1. The van der Waals surface area contributed by atoms with Crippen LogP contribution in [-0.4, -0.2) is 55.3 Å². The third kappa shape index (κ3) is 3.57. The lowest BCUT2D eigenvalue weighted by molar-refractivity contribution is 0.168. The van der Waals surface area contributed by atoms with Crippen molar-refractivity contribution in [2.24, 2.45) is 0 Å². The van der Waals surface area contributed by atoms with E-state index in [2.05, 4.69) is 14.9 Å². The minimum absolute atomic E-state index is 0.257. The van der Waals surface area contributed by atoms with Crippen molar-refractivity contribution in [2.45, 2.75) is 19.4 Å². The van der Waals surface area contributed by atoms with Crippen LogP contribution in [0.5, 0.6) is 5.88 Å². The topological polar surface area (TPSA) is 67.8 Å². The first-order valence-electron chi connectivity index (χ1n) is 6.61. The van der Waals surface area contributed by atoms with Crippen molar-refractivity contribution >= 4 is 12.0 Å². The van der Waals surface area contributed by atoms with Gasteiger partial charge in [0.2, 0.25) is 11.8 Å². The zero-order valence-corrected chi connectivity index (χ0v) is 12.1. The second-order valence-corrected chi connectivity index (χ2v) is 4.89. The fraction of sp³-hybridized carbons (Fsp3) is 0.615. The number of aromatic nitrogens is 2. The maximum Gasteiger partial charge on any atom is 0.416 e. The molecule has 0 aromatic carbocycles. The van der Waals surface area contributed by atoms with E-state index in [4.69, 9.17) is 9.47 Å². The standard InChI is InChI=1S/C13H20N4O3/c1-16(2)13(18)20-11-8-10(9-19-3)14-12(15-11)17-6-4-5-7-17/h8H,4-7,9H2,1-3H3. The number of carbonyl (C=O) groups is 1. The van der Waals surface area contributed by atoms with Crippen LogP contribution in [0.2, 0.25) is 0 Å². The van der Waals surface area contributed by atoms with E-state index in [1.54, 1.807) is 27.3 Å². The Morgan fingerprint density at radius 3 is 2.65 bits per heavy atom. The minimum Gasteiger partial charge on any atom is -0.391 e. The second-order valence-electron chi connectivity index (χ2n) is 4.89. The van der Waals surface area contributed by atoms with Gasteiger partial charge >= 0.3 is 6.09 Å². The first-order chi connectivity index (χ1) is 9.60. The molecular formula is C13H20N4O3. The molecule has 1 saturated heterocycles. The quantitative estimate of drug-likeness (QED) is 0.827. The molecule has 1 aromatic rings. The summed E-state index contributed by atoms with van der Waals surface area (Å²) in [7, 11) is 4.85. The van der Waals surface area contributed by atoms with Crippen LogP contribution < -0.4 is 9.64 Å². The van der Waals surface area contributed by atoms with E-state index < -0.39 is 6.09 Å². The molecule has 20 heavy (non-hydrogen) atoms. The summed E-state index contributed by atoms with van der Waals surface area (Å²) in [4.78, 5) is 23.8. The monoisotopic (exact) mass is 280 g/mol. The van der Waals surface area contributed by atoms with Crippen LogP contribution >= 0.6 is 0 Å². The largest absolute Gasteiger partial charge is 0.416 e. The lowest BCUT2D eigenvalue weighted by atomic mass is 10.4. The van der Waals surface area contributed by atoms with Crippen molar-refractivity contribution in [1.82, 2.24) is 14.9 Å². The summed E-state index contributed by atoms with van der Waals surface area (Å²) in [5, 5.41) is 0. The van der Waals surface area contributed by atoms with Crippen LogP contribution in [-0.2, 0) is 11.3 Å². The van der Waals surface area contributed by atoms with E-state index in [0.717, 1.165) is 25.9 Å². The molecule has 0 N–H and O–H groups in total. The van der Waals surface area contributed by atoms with Crippen molar-refractivity contribution in [1.29, 1.82) is 0 Å². The average molecular weight is 280 g/mol. The Kier molecular flexibility index (Phi) is 4.73. The number of nitrogens with zero attached hydrogens (tertiary/aromatic N) is 4. The third-order valence-corrected chi connectivity index (χ3v) is 2.98. The molecule has 1 fully saturated rings. The molecule has 1 aromatic heterocycles. The van der Waals surface area contributed by atoms with E-state index in [0.29, 0.717) is 18.2 Å². The fourth-order valence-electron chi connectivity index (χ4n) is 1.97. The van der Waals surface area contributed by atoms with Gasteiger partial charge in [-0.25, -0.2) is 9.78 Å². The number of ether oxygens (including phenoxy) is 2. The first kappa shape index (κ1) is 14.5. The number of rotatable bonds is 4. The molecule has 1 aliphatic rings. The van der Waals surface area contributed by atoms with E-state index in [9.17, 15) is 4.79 Å². The van der Waals surface area contributed by atoms with Gasteiger partial charge in [0.15, 0.2) is 0 Å². The summed E-state index contributed by atoms with van der Waals surface area (Å²) in [5.74, 6) is 0.853. The Morgan fingerprint density at radius 1 is 1.35 bits per heavy atom. The Labute approximate surface area is 118 Å². The van der Waals surface area contributed by atoms with Gasteiger partial charge in [0.05, 0.1) is 12.3 Å². The van der Waals surface area contributed by atoms with Gasteiger partial charge in [-0.15, -0.1) is 0 Å². The van der Waals surface area contributed by atoms with E-state index in [1.807, 2.05) is 0 Å². The summed E-state index contributed by atoms with van der Waals surface area (Å²) in [6, 6.07) is 1.63. The molecule has 0 atom stereocenters. The van der Waals surface area contributed by atoms with Crippen molar-refractivity contribution in [3.63, 3.8) is 0 Å². The third-order valence-electron chi connectivity index (χ3n) is 2.98. The minimum atomic E-state index is -0.459. The smallest absolute Gasteiger partial charge is 0.391 e. The molecule has 2 heterocycles. The highest BCUT2D eigenvalue weighted by atomic mass is 16.6. The van der Waals surface area contributed by atoms with Gasteiger partial charge in [0, 0.05) is 40.4 Å². The molecule has 0 radical (unpaired) electrons. The van der Waals surface area contributed by atoms with Crippen LogP contribution in [0.3, 0.4) is 0 Å². The highest BCUT2D eigenvalue weighted by Crippen LogP contribution is 2.20. The summed E-state index contributed by atoms with van der Waals surface area (Å²) in [6.07, 6.45) is 1.80. The second kappa shape index (κ2) is 6.51. The first-order valence-corrected chi connectivity index (χ1v) is 6.61. The number of amides is 1. The Balaban J connectivity index is 2.23. The van der Waals surface area contributed by atoms with E-state index in [1.165, 1.54) is 4.90 Å². The summed E-state index contributed by atoms with van der Waals surface area (Å²) in [5.41, 5.74) is 0.700. The molecule has 0 saturated carbocycles. The predicted octanol–water partition coefficient (Wildman–Crippen LogP) is 1.28. The SMILES string of the molecule is COCc1cc(OC(=O)N(C)C)nc(N2CCCC2)n1. The molecule has 7 heteroatoms. The zero-order chi connectivity index (χ0) is 14.5. The van der Waals surface area contributed by atoms with Crippen molar-refractivity contribution in [2.75, 3.05) is 39.2 Å². The van der Waals surface area contributed by atoms with E-state index >= 15 is 0 Å². The molecule has 0 spiro atoms. The lowest BCUT2D eigenvalue weighted by Gasteiger charge is -2.17. The Morgan fingerprint density at radius 2 is 2.05 bits per heavy atom. The molecule has 0 aliphatic carbocycles. The summed E-state index contributed by atoms with van der Waals surface area (Å²) < 4.78 is 10.3. The van der Waals surface area contributed by atoms with Crippen molar-refractivity contribution in [3.05, 3.63) is 11.8 Å². The number of hydrogen-bond donors (Lipinski definition) is 0. The van der Waals surface area contributed by atoms with Crippen molar-refractivity contribution in [3.8, 4) is 5.88 Å². The number of anilines is 1. The normalized spacial score (nSPS) is 14.4. The van der Waals surface area contributed by atoms with Crippen LogP contribution in [0.25, 0.3) is 0 Å². The molecule has 7 nitrogen and oxygen atoms in total. The number of methoxy groups -OCH3 is 1. The molecular weight excluding hydrogens is 260 g/mol. The molecule has 1 amide bonds. The maximum absolute atomic E-state index is 11.6. The van der Waals surface area contributed by atoms with Gasteiger partial charge in [-0.05, 0) is 12.8 Å². The van der Waals surface area contributed by atoms with Gasteiger partial charge in [0.25, 0.3) is 0 Å². The molecule has 2 rings (SSSR count). The van der Waals surface area contributed by atoms with Crippen molar-refractivity contribution < 1.29 is 14.3 Å². The van der Waals surface area contributed by atoms with Crippen LogP contribution in [0, 0.1) is 0 Å². The van der Waals surface area contributed by atoms with Gasteiger partial charge in [-0.2, -0.15) is 4.98 Å². The zero-order valence-electron chi connectivity index (χ0n) is 12.1. The Hall–Kier alpha value is -1.89. The summed E-state index contributed by atoms with van der Waals surface area (Å²) >= 11 is 0. The predicted molar refractivity (Wildman–Crippen MR) is 73.9 cm³/mol.